The largest absolute Gasteiger partial charge is 0.322 e. The van der Waals surface area contributed by atoms with Crippen molar-refractivity contribution in [2.75, 3.05) is 13.1 Å². The van der Waals surface area contributed by atoms with Crippen molar-refractivity contribution in [3.05, 3.63) is 76.1 Å². The summed E-state index contributed by atoms with van der Waals surface area (Å²) in [6.45, 7) is 2.52. The molecular formula is C20H20FN3O. The number of aromatic nitrogens is 2. The van der Waals surface area contributed by atoms with E-state index in [4.69, 9.17) is 0 Å². The van der Waals surface area contributed by atoms with Gasteiger partial charge in [0.15, 0.2) is 0 Å². The Morgan fingerprint density at radius 3 is 2.76 bits per heavy atom. The van der Waals surface area contributed by atoms with Gasteiger partial charge in [0, 0.05) is 29.9 Å². The molecular weight excluding hydrogens is 317 g/mol. The van der Waals surface area contributed by atoms with Crippen molar-refractivity contribution in [1.29, 1.82) is 0 Å². The Bertz CT molecular complexity index is 931. The summed E-state index contributed by atoms with van der Waals surface area (Å²) < 4.78 is 13.3. The highest BCUT2D eigenvalue weighted by molar-refractivity contribution is 5.78. The van der Waals surface area contributed by atoms with E-state index in [1.165, 1.54) is 12.1 Å². The zero-order valence-corrected chi connectivity index (χ0v) is 13.9. The summed E-state index contributed by atoms with van der Waals surface area (Å²) in [4.78, 5) is 21.8. The van der Waals surface area contributed by atoms with Gasteiger partial charge in [-0.1, -0.05) is 6.07 Å². The van der Waals surface area contributed by atoms with Crippen LogP contribution >= 0.6 is 0 Å². The minimum absolute atomic E-state index is 0.134. The van der Waals surface area contributed by atoms with Gasteiger partial charge in [-0.3, -0.25) is 14.7 Å². The second-order valence-corrected chi connectivity index (χ2v) is 6.66. The van der Waals surface area contributed by atoms with Gasteiger partial charge in [-0.2, -0.15) is 0 Å². The molecule has 1 aliphatic heterocycles. The molecule has 3 aromatic rings. The number of nitrogens with zero attached hydrogens (tertiary/aromatic N) is 2. The molecule has 0 unspecified atom stereocenters. The van der Waals surface area contributed by atoms with E-state index in [0.29, 0.717) is 18.0 Å². The Balaban J connectivity index is 1.46. The number of likely N-dealkylation sites (tertiary alicyclic amines) is 1. The van der Waals surface area contributed by atoms with E-state index in [9.17, 15) is 9.18 Å². The number of pyridine rings is 2. The molecule has 0 amide bonds. The summed E-state index contributed by atoms with van der Waals surface area (Å²) >= 11 is 0. The summed E-state index contributed by atoms with van der Waals surface area (Å²) in [7, 11) is 0. The highest BCUT2D eigenvalue weighted by atomic mass is 19.1. The van der Waals surface area contributed by atoms with Crippen molar-refractivity contribution in [2.24, 2.45) is 0 Å². The van der Waals surface area contributed by atoms with Crippen molar-refractivity contribution in [3.63, 3.8) is 0 Å². The topological polar surface area (TPSA) is 49.0 Å². The molecule has 4 rings (SSSR count). The Labute approximate surface area is 145 Å². The number of halogens is 1. The predicted octanol–water partition coefficient (Wildman–Crippen LogP) is 3.44. The Morgan fingerprint density at radius 1 is 1.16 bits per heavy atom. The summed E-state index contributed by atoms with van der Waals surface area (Å²) in [6, 6.07) is 12.4. The van der Waals surface area contributed by atoms with Gasteiger partial charge in [-0.05, 0) is 67.7 Å². The van der Waals surface area contributed by atoms with E-state index in [-0.39, 0.29) is 11.4 Å². The monoisotopic (exact) mass is 337 g/mol. The van der Waals surface area contributed by atoms with E-state index >= 15 is 0 Å². The maximum Gasteiger partial charge on any atom is 0.252 e. The fraction of sp³-hybridized carbons (Fsp3) is 0.300. The van der Waals surface area contributed by atoms with E-state index in [2.05, 4.69) is 20.9 Å². The third kappa shape index (κ3) is 3.46. The molecule has 3 heterocycles. The quantitative estimate of drug-likeness (QED) is 0.796. The van der Waals surface area contributed by atoms with Crippen molar-refractivity contribution >= 4 is 10.9 Å². The zero-order chi connectivity index (χ0) is 17.2. The van der Waals surface area contributed by atoms with Crippen molar-refractivity contribution < 1.29 is 4.39 Å². The fourth-order valence-corrected chi connectivity index (χ4v) is 3.58. The minimum atomic E-state index is -0.340. The van der Waals surface area contributed by atoms with Gasteiger partial charge in [-0.15, -0.1) is 0 Å². The Kier molecular flexibility index (Phi) is 4.32. The molecule has 1 saturated heterocycles. The SMILES string of the molecule is O=c1[nH]c2cc(F)ccc2cc1CN1CCC(c2ccccn2)CC1. The summed E-state index contributed by atoms with van der Waals surface area (Å²) in [6.07, 6.45) is 3.95. The Morgan fingerprint density at radius 2 is 2.00 bits per heavy atom. The minimum Gasteiger partial charge on any atom is -0.322 e. The van der Waals surface area contributed by atoms with E-state index in [1.807, 2.05) is 24.4 Å². The molecule has 0 bridgehead atoms. The molecule has 4 nitrogen and oxygen atoms in total. The van der Waals surface area contributed by atoms with Crippen LogP contribution in [0.5, 0.6) is 0 Å². The number of hydrogen-bond donors (Lipinski definition) is 1. The first-order valence-corrected chi connectivity index (χ1v) is 8.64. The van der Waals surface area contributed by atoms with Gasteiger partial charge >= 0.3 is 0 Å². The van der Waals surface area contributed by atoms with Crippen LogP contribution in [-0.2, 0) is 6.54 Å². The lowest BCUT2D eigenvalue weighted by atomic mass is 9.93. The molecule has 1 aliphatic rings. The molecule has 0 radical (unpaired) electrons. The second kappa shape index (κ2) is 6.76. The second-order valence-electron chi connectivity index (χ2n) is 6.66. The van der Waals surface area contributed by atoms with Crippen LogP contribution in [0.15, 0.2) is 53.5 Å². The molecule has 1 fully saturated rings. The highest BCUT2D eigenvalue weighted by Crippen LogP contribution is 2.27. The van der Waals surface area contributed by atoms with Gasteiger partial charge in [0.2, 0.25) is 0 Å². The number of fused-ring (bicyclic) bond motifs is 1. The molecule has 128 valence electrons. The third-order valence-electron chi connectivity index (χ3n) is 4.97. The number of H-pyrrole nitrogens is 1. The fourth-order valence-electron chi connectivity index (χ4n) is 3.58. The maximum absolute atomic E-state index is 13.3. The standard InChI is InChI=1S/C20H20FN3O/c21-17-5-4-15-11-16(20(25)23-19(15)12-17)13-24-9-6-14(7-10-24)18-3-1-2-8-22-18/h1-5,8,11-12,14H,6-7,9-10,13H2,(H,23,25). The molecule has 5 heteroatoms. The van der Waals surface area contributed by atoms with Crippen molar-refractivity contribution in [2.45, 2.75) is 25.3 Å². The number of benzene rings is 1. The van der Waals surface area contributed by atoms with E-state index < -0.39 is 0 Å². The van der Waals surface area contributed by atoms with Crippen LogP contribution in [0.3, 0.4) is 0 Å². The van der Waals surface area contributed by atoms with Crippen LogP contribution in [0, 0.1) is 5.82 Å². The lowest BCUT2D eigenvalue weighted by Crippen LogP contribution is -2.34. The van der Waals surface area contributed by atoms with Gasteiger partial charge < -0.3 is 4.98 Å². The zero-order valence-electron chi connectivity index (χ0n) is 13.9. The first-order chi connectivity index (χ1) is 12.2. The normalized spacial score (nSPS) is 16.4. The Hall–Kier alpha value is -2.53. The van der Waals surface area contributed by atoms with Crippen LogP contribution in [-0.4, -0.2) is 28.0 Å². The number of piperidine rings is 1. The van der Waals surface area contributed by atoms with Crippen LogP contribution < -0.4 is 5.56 Å². The van der Waals surface area contributed by atoms with E-state index in [1.54, 1.807) is 6.07 Å². The number of nitrogens with one attached hydrogen (secondary N) is 1. The lowest BCUT2D eigenvalue weighted by molar-refractivity contribution is 0.202. The lowest BCUT2D eigenvalue weighted by Gasteiger charge is -2.31. The summed E-state index contributed by atoms with van der Waals surface area (Å²) in [5.74, 6) is 0.155. The number of rotatable bonds is 3. The van der Waals surface area contributed by atoms with Crippen molar-refractivity contribution in [3.8, 4) is 0 Å². The summed E-state index contributed by atoms with van der Waals surface area (Å²) in [5.41, 5.74) is 2.30. The van der Waals surface area contributed by atoms with E-state index in [0.717, 1.165) is 42.6 Å². The first kappa shape index (κ1) is 16.0. The average molecular weight is 337 g/mol. The average Bonchev–Trinajstić information content (AvgIpc) is 2.64. The number of hydrogen-bond acceptors (Lipinski definition) is 3. The van der Waals surface area contributed by atoms with Crippen LogP contribution in [0.2, 0.25) is 0 Å². The predicted molar refractivity (Wildman–Crippen MR) is 96.0 cm³/mol. The molecule has 0 spiro atoms. The molecule has 1 aromatic carbocycles. The van der Waals surface area contributed by atoms with Gasteiger partial charge in [-0.25, -0.2) is 4.39 Å². The van der Waals surface area contributed by atoms with Gasteiger partial charge in [0.05, 0.1) is 5.52 Å². The first-order valence-electron chi connectivity index (χ1n) is 8.64. The maximum atomic E-state index is 13.3. The third-order valence-corrected chi connectivity index (χ3v) is 4.97. The van der Waals surface area contributed by atoms with Crippen LogP contribution in [0.1, 0.15) is 30.0 Å². The smallest absolute Gasteiger partial charge is 0.252 e. The molecule has 1 N–H and O–H groups in total. The van der Waals surface area contributed by atoms with Gasteiger partial charge in [0.25, 0.3) is 5.56 Å². The highest BCUT2D eigenvalue weighted by Gasteiger charge is 2.22. The van der Waals surface area contributed by atoms with Crippen LogP contribution in [0.4, 0.5) is 4.39 Å². The summed E-state index contributed by atoms with van der Waals surface area (Å²) in [5, 5.41) is 0.861. The molecule has 25 heavy (non-hydrogen) atoms. The van der Waals surface area contributed by atoms with Crippen LogP contribution in [0.25, 0.3) is 10.9 Å². The molecule has 0 atom stereocenters. The molecule has 0 aliphatic carbocycles. The molecule has 0 saturated carbocycles. The van der Waals surface area contributed by atoms with Crippen molar-refractivity contribution in [1.82, 2.24) is 14.9 Å². The number of aromatic amines is 1. The molecule has 2 aromatic heterocycles. The van der Waals surface area contributed by atoms with Gasteiger partial charge in [0.1, 0.15) is 5.82 Å².